The molecule has 0 aliphatic carbocycles. The molecule has 0 saturated carbocycles. The van der Waals surface area contributed by atoms with Crippen LogP contribution in [0.4, 0.5) is 5.95 Å². The van der Waals surface area contributed by atoms with Crippen LogP contribution in [0.2, 0.25) is 0 Å². The molecular weight excluding hydrogens is 388 g/mol. The highest BCUT2D eigenvalue weighted by Gasteiger charge is 2.19. The van der Waals surface area contributed by atoms with Crippen LogP contribution in [-0.2, 0) is 17.9 Å². The number of fused-ring (bicyclic) bond motifs is 1. The van der Waals surface area contributed by atoms with Crippen LogP contribution in [-0.4, -0.2) is 43.7 Å². The van der Waals surface area contributed by atoms with Gasteiger partial charge in [-0.3, -0.25) is 10.1 Å². The Labute approximate surface area is 173 Å². The van der Waals surface area contributed by atoms with Crippen LogP contribution in [0.25, 0.3) is 11.2 Å². The summed E-state index contributed by atoms with van der Waals surface area (Å²) in [4.78, 5) is 35.8. The smallest absolute Gasteiger partial charge is 0.247 e. The summed E-state index contributed by atoms with van der Waals surface area (Å²) >= 11 is 0. The summed E-state index contributed by atoms with van der Waals surface area (Å²) in [7, 11) is 0. The van der Waals surface area contributed by atoms with Gasteiger partial charge >= 0.3 is 0 Å². The minimum Gasteiger partial charge on any atom is -0.471 e. The minimum atomic E-state index is -0.378. The van der Waals surface area contributed by atoms with Crippen molar-refractivity contribution in [2.45, 2.75) is 27.0 Å². The van der Waals surface area contributed by atoms with Crippen LogP contribution in [0.1, 0.15) is 19.4 Å². The lowest BCUT2D eigenvalue weighted by Crippen LogP contribution is -2.20. The van der Waals surface area contributed by atoms with Gasteiger partial charge in [0, 0.05) is 25.0 Å². The van der Waals surface area contributed by atoms with Crippen molar-refractivity contribution in [1.29, 1.82) is 0 Å². The van der Waals surface area contributed by atoms with E-state index in [1.54, 1.807) is 18.4 Å². The topological polar surface area (TPSA) is 132 Å². The van der Waals surface area contributed by atoms with E-state index in [1.165, 1.54) is 6.33 Å². The first-order valence-electron chi connectivity index (χ1n) is 9.62. The van der Waals surface area contributed by atoms with Crippen molar-refractivity contribution in [1.82, 2.24) is 19.5 Å². The van der Waals surface area contributed by atoms with E-state index in [9.17, 15) is 14.8 Å². The lowest BCUT2D eigenvalue weighted by molar-refractivity contribution is -0.118. The Bertz CT molecular complexity index is 1010. The number of nitroso groups, excluding NO2 is 1. The third-order valence-electron chi connectivity index (χ3n) is 4.46. The average molecular weight is 412 g/mol. The molecule has 30 heavy (non-hydrogen) atoms. The molecule has 10 nitrogen and oxygen atoms in total. The molecule has 1 aromatic carbocycles. The normalized spacial score (nSPS) is 12.1. The van der Waals surface area contributed by atoms with E-state index in [0.717, 1.165) is 5.56 Å². The average Bonchev–Trinajstić information content (AvgIpc) is 3.15. The summed E-state index contributed by atoms with van der Waals surface area (Å²) in [6.45, 7) is 3.85. The van der Waals surface area contributed by atoms with E-state index in [1.807, 2.05) is 30.3 Å². The molecule has 3 aromatic rings. The Morgan fingerprint density at radius 2 is 2.03 bits per heavy atom. The van der Waals surface area contributed by atoms with Crippen molar-refractivity contribution >= 4 is 23.0 Å². The van der Waals surface area contributed by atoms with E-state index >= 15 is 0 Å². The third-order valence-corrected chi connectivity index (χ3v) is 4.46. The van der Waals surface area contributed by atoms with Gasteiger partial charge in [-0.15, -0.1) is 0 Å². The molecule has 1 atom stereocenters. The SMILES string of the molecule is CC(C)C(=O)Nc1nc(OCc2ccccc2)c2ncn(CC(CO)CN=O)c2n1. The summed E-state index contributed by atoms with van der Waals surface area (Å²) in [6, 6.07) is 9.59. The van der Waals surface area contributed by atoms with Crippen LogP contribution < -0.4 is 10.1 Å². The zero-order valence-corrected chi connectivity index (χ0v) is 16.9. The van der Waals surface area contributed by atoms with Crippen molar-refractivity contribution in [2.75, 3.05) is 18.5 Å². The lowest BCUT2D eigenvalue weighted by Gasteiger charge is -2.13. The Balaban J connectivity index is 1.95. The zero-order valence-electron chi connectivity index (χ0n) is 16.9. The second-order valence-electron chi connectivity index (χ2n) is 7.20. The Kier molecular flexibility index (Phi) is 7.02. The molecule has 0 bridgehead atoms. The number of ether oxygens (including phenoxy) is 1. The molecule has 3 rings (SSSR count). The van der Waals surface area contributed by atoms with Gasteiger partial charge in [0.05, 0.1) is 12.9 Å². The number of carbonyl (C=O) groups is 1. The number of hydrogen-bond acceptors (Lipinski definition) is 8. The third kappa shape index (κ3) is 5.15. The van der Waals surface area contributed by atoms with Crippen molar-refractivity contribution in [3.63, 3.8) is 0 Å². The largest absolute Gasteiger partial charge is 0.471 e. The Hall–Kier alpha value is -3.40. The monoisotopic (exact) mass is 412 g/mol. The first-order valence-corrected chi connectivity index (χ1v) is 9.62. The molecule has 2 aromatic heterocycles. The number of carbonyl (C=O) groups excluding carboxylic acids is 1. The molecule has 0 aliphatic heterocycles. The van der Waals surface area contributed by atoms with Gasteiger partial charge in [-0.2, -0.15) is 14.9 Å². The van der Waals surface area contributed by atoms with Gasteiger partial charge in [-0.25, -0.2) is 4.98 Å². The number of benzene rings is 1. The Morgan fingerprint density at radius 1 is 1.27 bits per heavy atom. The maximum absolute atomic E-state index is 12.1. The van der Waals surface area contributed by atoms with E-state index in [2.05, 4.69) is 25.4 Å². The number of aliphatic hydroxyl groups excluding tert-OH is 1. The van der Waals surface area contributed by atoms with Gasteiger partial charge in [0.15, 0.2) is 11.2 Å². The molecule has 0 aliphatic rings. The van der Waals surface area contributed by atoms with Crippen LogP contribution in [0.15, 0.2) is 41.8 Å². The molecule has 2 heterocycles. The number of aliphatic hydroxyl groups is 1. The summed E-state index contributed by atoms with van der Waals surface area (Å²) in [6.07, 6.45) is 1.54. The molecule has 0 fully saturated rings. The highest BCUT2D eigenvalue weighted by atomic mass is 16.5. The number of hydrogen-bond donors (Lipinski definition) is 2. The fourth-order valence-corrected chi connectivity index (χ4v) is 2.75. The fourth-order valence-electron chi connectivity index (χ4n) is 2.75. The number of amides is 1. The second kappa shape index (κ2) is 9.88. The molecule has 158 valence electrons. The van der Waals surface area contributed by atoms with Crippen LogP contribution in [0.3, 0.4) is 0 Å². The maximum atomic E-state index is 12.1. The quantitative estimate of drug-likeness (QED) is 0.489. The van der Waals surface area contributed by atoms with E-state index in [-0.39, 0.29) is 55.9 Å². The first kappa shape index (κ1) is 21.3. The predicted octanol–water partition coefficient (Wildman–Crippen LogP) is 2.37. The summed E-state index contributed by atoms with van der Waals surface area (Å²) in [5.74, 6) is -0.527. The molecule has 0 radical (unpaired) electrons. The second-order valence-corrected chi connectivity index (χ2v) is 7.20. The fraction of sp³-hybridized carbons (Fsp3) is 0.400. The van der Waals surface area contributed by atoms with E-state index in [4.69, 9.17) is 4.74 Å². The number of aromatic nitrogens is 4. The van der Waals surface area contributed by atoms with Crippen LogP contribution in [0, 0.1) is 16.7 Å². The molecule has 2 N–H and O–H groups in total. The van der Waals surface area contributed by atoms with Gasteiger partial charge in [-0.05, 0) is 5.56 Å². The van der Waals surface area contributed by atoms with Crippen molar-refractivity contribution < 1.29 is 14.6 Å². The predicted molar refractivity (Wildman–Crippen MR) is 111 cm³/mol. The highest BCUT2D eigenvalue weighted by Crippen LogP contribution is 2.25. The molecule has 1 amide bonds. The first-order chi connectivity index (χ1) is 14.5. The minimum absolute atomic E-state index is 0.0322. The van der Waals surface area contributed by atoms with Gasteiger partial charge in [0.2, 0.25) is 17.7 Å². The maximum Gasteiger partial charge on any atom is 0.247 e. The number of anilines is 1. The van der Waals surface area contributed by atoms with Gasteiger partial charge in [-0.1, -0.05) is 49.4 Å². The lowest BCUT2D eigenvalue weighted by atomic mass is 10.1. The number of nitrogens with zero attached hydrogens (tertiary/aromatic N) is 5. The van der Waals surface area contributed by atoms with Crippen LogP contribution >= 0.6 is 0 Å². The Morgan fingerprint density at radius 3 is 2.70 bits per heavy atom. The highest BCUT2D eigenvalue weighted by molar-refractivity contribution is 5.91. The van der Waals surface area contributed by atoms with Crippen molar-refractivity contribution in [2.24, 2.45) is 17.0 Å². The number of rotatable bonds is 10. The summed E-state index contributed by atoms with van der Waals surface area (Å²) in [5, 5.41) is 15.0. The van der Waals surface area contributed by atoms with Crippen molar-refractivity contribution in [3.8, 4) is 5.88 Å². The molecule has 10 heteroatoms. The van der Waals surface area contributed by atoms with Crippen LogP contribution in [0.5, 0.6) is 5.88 Å². The van der Waals surface area contributed by atoms with Gasteiger partial charge in [0.25, 0.3) is 0 Å². The molecular formula is C20H24N6O4. The standard InChI is InChI=1S/C20H24N6O4/c1-13(2)18(28)24-20-23-17-16(21-12-26(17)9-15(10-27)8-22-29)19(25-20)30-11-14-6-4-3-5-7-14/h3-7,12-13,15,27H,8-11H2,1-2H3,(H,23,24,25,28). The van der Waals surface area contributed by atoms with Crippen molar-refractivity contribution in [3.05, 3.63) is 47.1 Å². The van der Waals surface area contributed by atoms with E-state index < -0.39 is 0 Å². The molecule has 0 spiro atoms. The van der Waals surface area contributed by atoms with Gasteiger partial charge < -0.3 is 14.4 Å². The summed E-state index contributed by atoms with van der Waals surface area (Å²) < 4.78 is 7.57. The zero-order chi connectivity index (χ0) is 21.5. The number of nitrogens with one attached hydrogen (secondary N) is 1. The van der Waals surface area contributed by atoms with E-state index in [0.29, 0.717) is 11.2 Å². The molecule has 1 unspecified atom stereocenters. The summed E-state index contributed by atoms with van der Waals surface area (Å²) in [5.41, 5.74) is 1.80. The number of imidazole rings is 1. The molecule has 0 saturated heterocycles. The van der Waals surface area contributed by atoms with Gasteiger partial charge in [0.1, 0.15) is 6.61 Å².